The highest BCUT2D eigenvalue weighted by Crippen LogP contribution is 2.25. The Morgan fingerprint density at radius 1 is 1.21 bits per heavy atom. The van der Waals surface area contributed by atoms with Crippen LogP contribution < -0.4 is 25.2 Å². The molecule has 9 heteroatoms. The summed E-state index contributed by atoms with van der Waals surface area (Å²) >= 11 is 0. The van der Waals surface area contributed by atoms with Crippen molar-refractivity contribution in [2.75, 3.05) is 45.4 Å². The predicted molar refractivity (Wildman–Crippen MR) is 152 cm³/mol. The van der Waals surface area contributed by atoms with Gasteiger partial charge in [0.15, 0.2) is 0 Å². The van der Waals surface area contributed by atoms with Crippen molar-refractivity contribution in [3.8, 4) is 17.6 Å². The first kappa shape index (κ1) is 29.8. The zero-order chi connectivity index (χ0) is 28.0. The summed E-state index contributed by atoms with van der Waals surface area (Å²) in [6, 6.07) is 13.4. The first-order valence-electron chi connectivity index (χ1n) is 13.3. The number of hydrogen-bond acceptors (Lipinski definition) is 9. The average molecular weight is 534 g/mol. The molecule has 0 fully saturated rings. The Labute approximate surface area is 231 Å². The number of nitriles is 1. The topological polar surface area (TPSA) is 107 Å². The number of carbonyl (C=O) groups excluding carboxylic acids is 2. The molecule has 1 heterocycles. The van der Waals surface area contributed by atoms with Gasteiger partial charge in [0, 0.05) is 49.9 Å². The van der Waals surface area contributed by atoms with Gasteiger partial charge in [-0.15, -0.1) is 0 Å². The van der Waals surface area contributed by atoms with Gasteiger partial charge < -0.3 is 19.6 Å². The molecule has 3 rings (SSSR count). The van der Waals surface area contributed by atoms with Gasteiger partial charge in [-0.1, -0.05) is 0 Å². The van der Waals surface area contributed by atoms with Crippen LogP contribution in [-0.2, 0) is 11.3 Å². The summed E-state index contributed by atoms with van der Waals surface area (Å²) in [5, 5.41) is 14.6. The molecule has 0 amide bonds. The number of anilines is 1. The molecule has 1 unspecified atom stereocenters. The van der Waals surface area contributed by atoms with E-state index in [9.17, 15) is 14.9 Å². The zero-order valence-corrected chi connectivity index (χ0v) is 23.1. The summed E-state index contributed by atoms with van der Waals surface area (Å²) in [6.45, 7) is 5.68. The maximum Gasteiger partial charge on any atom is 0.150 e. The predicted octanol–water partition coefficient (Wildman–Crippen LogP) is 3.84. The van der Waals surface area contributed by atoms with Crippen molar-refractivity contribution in [2.45, 2.75) is 45.2 Å². The zero-order valence-electron chi connectivity index (χ0n) is 23.1. The van der Waals surface area contributed by atoms with Crippen LogP contribution in [0.3, 0.4) is 0 Å². The number of methoxy groups -OCH3 is 1. The molecule has 0 radical (unpaired) electrons. The molecular formula is C30H39N5O4. The van der Waals surface area contributed by atoms with Crippen LogP contribution in [0.1, 0.15) is 54.1 Å². The molecule has 1 aliphatic heterocycles. The number of hydrazine groups is 1. The lowest BCUT2D eigenvalue weighted by Crippen LogP contribution is -2.29. The van der Waals surface area contributed by atoms with Crippen molar-refractivity contribution in [3.63, 3.8) is 0 Å². The van der Waals surface area contributed by atoms with E-state index in [1.54, 1.807) is 13.2 Å². The second kappa shape index (κ2) is 15.6. The minimum Gasteiger partial charge on any atom is -0.497 e. The number of benzene rings is 2. The number of unbranched alkanes of at least 4 members (excludes halogenated alkanes) is 1. The second-order valence-corrected chi connectivity index (χ2v) is 9.74. The van der Waals surface area contributed by atoms with Crippen LogP contribution >= 0.6 is 0 Å². The lowest BCUT2D eigenvalue weighted by molar-refractivity contribution is -0.108. The lowest BCUT2D eigenvalue weighted by atomic mass is 10.1. The van der Waals surface area contributed by atoms with E-state index in [1.807, 2.05) is 48.6 Å². The van der Waals surface area contributed by atoms with E-state index < -0.39 is 0 Å². The summed E-state index contributed by atoms with van der Waals surface area (Å²) in [5.74, 6) is 1.41. The minimum atomic E-state index is 0.240. The van der Waals surface area contributed by atoms with Gasteiger partial charge in [0.1, 0.15) is 24.1 Å². The Kier molecular flexibility index (Phi) is 12.0. The Morgan fingerprint density at radius 3 is 2.79 bits per heavy atom. The third-order valence-electron chi connectivity index (χ3n) is 6.81. The number of carbonyl (C=O) groups is 2. The highest BCUT2D eigenvalue weighted by molar-refractivity contribution is 5.77. The molecule has 9 nitrogen and oxygen atoms in total. The van der Waals surface area contributed by atoms with Crippen molar-refractivity contribution in [1.82, 2.24) is 15.6 Å². The minimum absolute atomic E-state index is 0.240. The molecule has 0 saturated carbocycles. The van der Waals surface area contributed by atoms with Gasteiger partial charge in [-0.2, -0.15) is 5.26 Å². The van der Waals surface area contributed by atoms with Crippen molar-refractivity contribution in [2.24, 2.45) is 0 Å². The van der Waals surface area contributed by atoms with Gasteiger partial charge in [0.2, 0.25) is 0 Å². The number of ether oxygens (including phenoxy) is 2. The van der Waals surface area contributed by atoms with Gasteiger partial charge in [-0.25, -0.2) is 5.43 Å². The van der Waals surface area contributed by atoms with Crippen LogP contribution in [0.15, 0.2) is 48.2 Å². The molecule has 0 aliphatic carbocycles. The number of rotatable bonds is 17. The highest BCUT2D eigenvalue weighted by Gasteiger charge is 2.15. The number of aldehydes is 2. The molecule has 0 aromatic heterocycles. The Morgan fingerprint density at radius 2 is 2.05 bits per heavy atom. The summed E-state index contributed by atoms with van der Waals surface area (Å²) in [7, 11) is 3.60. The van der Waals surface area contributed by atoms with Crippen LogP contribution in [0.25, 0.3) is 0 Å². The maximum absolute atomic E-state index is 11.5. The van der Waals surface area contributed by atoms with E-state index in [-0.39, 0.29) is 6.04 Å². The fourth-order valence-corrected chi connectivity index (χ4v) is 4.31. The van der Waals surface area contributed by atoms with Crippen molar-refractivity contribution in [3.05, 3.63) is 64.9 Å². The quantitative estimate of drug-likeness (QED) is 0.232. The summed E-state index contributed by atoms with van der Waals surface area (Å²) in [6.07, 6.45) is 7.07. The van der Waals surface area contributed by atoms with Crippen LogP contribution in [-0.4, -0.2) is 63.9 Å². The number of hydrogen-bond donors (Lipinski definition) is 2. The molecule has 2 aromatic carbocycles. The molecule has 1 aliphatic rings. The fourth-order valence-electron chi connectivity index (χ4n) is 4.31. The van der Waals surface area contributed by atoms with Crippen LogP contribution in [0, 0.1) is 11.3 Å². The summed E-state index contributed by atoms with van der Waals surface area (Å²) < 4.78 is 11.3. The smallest absolute Gasteiger partial charge is 0.150 e. The highest BCUT2D eigenvalue weighted by atomic mass is 16.5. The van der Waals surface area contributed by atoms with Crippen molar-refractivity contribution < 1.29 is 19.1 Å². The Bertz CT molecular complexity index is 1180. The van der Waals surface area contributed by atoms with Crippen LogP contribution in [0.2, 0.25) is 0 Å². The first-order valence-corrected chi connectivity index (χ1v) is 13.3. The molecule has 2 aromatic rings. The van der Waals surface area contributed by atoms with E-state index >= 15 is 0 Å². The Hall–Kier alpha value is -3.71. The lowest BCUT2D eigenvalue weighted by Gasteiger charge is -2.25. The van der Waals surface area contributed by atoms with E-state index in [2.05, 4.69) is 28.6 Å². The summed E-state index contributed by atoms with van der Waals surface area (Å²) in [4.78, 5) is 24.3. The van der Waals surface area contributed by atoms with Gasteiger partial charge in [0.25, 0.3) is 0 Å². The third kappa shape index (κ3) is 9.21. The van der Waals surface area contributed by atoms with Gasteiger partial charge in [-0.3, -0.25) is 14.7 Å². The molecule has 208 valence electrons. The normalized spacial score (nSPS) is 13.6. The van der Waals surface area contributed by atoms with Gasteiger partial charge in [0.05, 0.1) is 31.0 Å². The monoisotopic (exact) mass is 533 g/mol. The van der Waals surface area contributed by atoms with Gasteiger partial charge >= 0.3 is 0 Å². The number of nitrogens with one attached hydrogen (secondary N) is 2. The van der Waals surface area contributed by atoms with Crippen LogP contribution in [0.5, 0.6) is 11.5 Å². The molecule has 0 bridgehead atoms. The van der Waals surface area contributed by atoms with E-state index in [0.29, 0.717) is 36.4 Å². The molecule has 0 spiro atoms. The fraction of sp³-hybridized carbons (Fsp3) is 0.433. The van der Waals surface area contributed by atoms with Gasteiger partial charge in [-0.05, 0) is 81.2 Å². The van der Waals surface area contributed by atoms with E-state index in [4.69, 9.17) is 9.47 Å². The van der Waals surface area contributed by atoms with Crippen molar-refractivity contribution in [1.29, 1.82) is 5.26 Å². The SMILES string of the molecule is COc1cc(C#N)cc(N2C=C(CNCCCCOc3ccc(C=O)c(CN(C)C(C)CCC=O)c3)CN2)c1. The van der Waals surface area contributed by atoms with E-state index in [1.165, 1.54) is 5.57 Å². The average Bonchev–Trinajstić information content (AvgIpc) is 3.44. The third-order valence-corrected chi connectivity index (χ3v) is 6.81. The maximum atomic E-state index is 11.5. The molecule has 2 N–H and O–H groups in total. The molecule has 39 heavy (non-hydrogen) atoms. The standard InChI is InChI=1S/C30H39N5O4/c1-23(7-6-11-36)34(2)21-27-15-29(9-8-26(27)22-37)39-12-5-4-10-32-18-25-19-33-35(20-25)28-13-24(17-31)14-30(16-28)38-3/h8-9,11,13-16,20,22-23,32-33H,4-7,10,12,18-19,21H2,1-3H3. The molecule has 1 atom stereocenters. The molecular weight excluding hydrogens is 494 g/mol. The van der Waals surface area contributed by atoms with Crippen LogP contribution in [0.4, 0.5) is 5.69 Å². The number of nitrogens with zero attached hydrogens (tertiary/aromatic N) is 3. The summed E-state index contributed by atoms with van der Waals surface area (Å²) in [5.41, 5.74) is 7.55. The second-order valence-electron chi connectivity index (χ2n) is 9.74. The molecule has 0 saturated heterocycles. The Balaban J connectivity index is 1.39. The largest absolute Gasteiger partial charge is 0.497 e. The first-order chi connectivity index (χ1) is 19.0. The van der Waals surface area contributed by atoms with E-state index in [0.717, 1.165) is 68.5 Å². The van der Waals surface area contributed by atoms with Crippen molar-refractivity contribution >= 4 is 18.3 Å².